The van der Waals surface area contributed by atoms with Crippen LogP contribution >= 0.6 is 0 Å². The summed E-state index contributed by atoms with van der Waals surface area (Å²) in [5.41, 5.74) is 2.15. The van der Waals surface area contributed by atoms with Gasteiger partial charge >= 0.3 is 0 Å². The quantitative estimate of drug-likeness (QED) is 0.741. The van der Waals surface area contributed by atoms with Gasteiger partial charge in [-0.2, -0.15) is 0 Å². The molecule has 0 aliphatic heterocycles. The molecule has 21 heavy (non-hydrogen) atoms. The molecule has 2 fully saturated rings. The standard InChI is InChI=1S/C18H25FO2/c1-18-7-6-12-11-3-2-10(19)8-14(11)16(20)9-13(12)15(18)4-5-17(18)21/h10,12-13,15,17,21H,2-9H2,1H3/t10-,12+,13+,15-,17-,18-/m0/s1. The Hall–Kier alpha value is -0.700. The van der Waals surface area contributed by atoms with Gasteiger partial charge in [0.05, 0.1) is 6.10 Å². The predicted molar refractivity (Wildman–Crippen MR) is 78.4 cm³/mol. The molecule has 2 saturated carbocycles. The number of allylic oxidation sites excluding steroid dienone is 2. The Kier molecular flexibility index (Phi) is 3.08. The van der Waals surface area contributed by atoms with Crippen LogP contribution in [0.25, 0.3) is 0 Å². The van der Waals surface area contributed by atoms with Crippen molar-refractivity contribution >= 4 is 5.78 Å². The monoisotopic (exact) mass is 292 g/mol. The lowest BCUT2D eigenvalue weighted by Gasteiger charge is -2.51. The summed E-state index contributed by atoms with van der Waals surface area (Å²) in [6, 6.07) is 0. The van der Waals surface area contributed by atoms with Gasteiger partial charge in [0.25, 0.3) is 0 Å². The Morgan fingerprint density at radius 3 is 2.81 bits per heavy atom. The van der Waals surface area contributed by atoms with Gasteiger partial charge in [-0.05, 0) is 67.3 Å². The fourth-order valence-electron chi connectivity index (χ4n) is 5.93. The molecule has 1 N–H and O–H groups in total. The summed E-state index contributed by atoms with van der Waals surface area (Å²) in [6.45, 7) is 2.22. The van der Waals surface area contributed by atoms with E-state index in [1.165, 1.54) is 5.57 Å². The Balaban J connectivity index is 1.69. The highest BCUT2D eigenvalue weighted by molar-refractivity contribution is 5.97. The molecule has 4 aliphatic rings. The highest BCUT2D eigenvalue weighted by Crippen LogP contribution is 2.60. The lowest BCUT2D eigenvalue weighted by Crippen LogP contribution is -2.47. The number of halogens is 1. The lowest BCUT2D eigenvalue weighted by atomic mass is 9.54. The number of hydrogen-bond acceptors (Lipinski definition) is 2. The molecule has 0 radical (unpaired) electrons. The van der Waals surface area contributed by atoms with Crippen LogP contribution in [0.3, 0.4) is 0 Å². The van der Waals surface area contributed by atoms with Crippen molar-refractivity contribution in [1.29, 1.82) is 0 Å². The number of ketones is 1. The highest BCUT2D eigenvalue weighted by Gasteiger charge is 2.56. The molecule has 0 aromatic heterocycles. The second-order valence-electron chi connectivity index (χ2n) is 7.99. The van der Waals surface area contributed by atoms with Gasteiger partial charge in [-0.15, -0.1) is 0 Å². The molecule has 0 aromatic rings. The SMILES string of the molecule is C[C@]12CC[C@@H]3C4=C(C[C@@H](F)CC4)C(=O)C[C@H]3[C@@H]1CC[C@@H]2O. The third kappa shape index (κ3) is 1.89. The van der Waals surface area contributed by atoms with E-state index < -0.39 is 6.17 Å². The Morgan fingerprint density at radius 2 is 2.00 bits per heavy atom. The first-order valence-corrected chi connectivity index (χ1v) is 8.58. The smallest absolute Gasteiger partial charge is 0.159 e. The van der Waals surface area contributed by atoms with Crippen molar-refractivity contribution in [2.45, 2.75) is 70.6 Å². The summed E-state index contributed by atoms with van der Waals surface area (Å²) in [5.74, 6) is 1.59. The summed E-state index contributed by atoms with van der Waals surface area (Å²) in [7, 11) is 0. The molecule has 0 saturated heterocycles. The summed E-state index contributed by atoms with van der Waals surface area (Å²) in [6.07, 6.45) is 5.42. The zero-order valence-electron chi connectivity index (χ0n) is 12.8. The van der Waals surface area contributed by atoms with Crippen molar-refractivity contribution in [3.63, 3.8) is 0 Å². The van der Waals surface area contributed by atoms with E-state index in [1.807, 2.05) is 0 Å². The van der Waals surface area contributed by atoms with E-state index in [1.54, 1.807) is 0 Å². The first-order valence-electron chi connectivity index (χ1n) is 8.58. The molecule has 2 nitrogen and oxygen atoms in total. The number of alkyl halides is 1. The zero-order chi connectivity index (χ0) is 14.8. The van der Waals surface area contributed by atoms with Gasteiger partial charge < -0.3 is 5.11 Å². The first kappa shape index (κ1) is 13.9. The molecule has 4 aliphatic carbocycles. The van der Waals surface area contributed by atoms with E-state index in [-0.39, 0.29) is 17.3 Å². The summed E-state index contributed by atoms with van der Waals surface area (Å²) in [5, 5.41) is 10.4. The molecule has 0 heterocycles. The van der Waals surface area contributed by atoms with Crippen LogP contribution in [0.4, 0.5) is 4.39 Å². The third-order valence-corrected chi connectivity index (χ3v) is 7.13. The molecular weight excluding hydrogens is 267 g/mol. The number of Topliss-reactive ketones (excluding diaryl/α,β-unsaturated/α-hetero) is 1. The Morgan fingerprint density at radius 1 is 1.19 bits per heavy atom. The van der Waals surface area contributed by atoms with Crippen molar-refractivity contribution in [3.05, 3.63) is 11.1 Å². The molecule has 0 spiro atoms. The van der Waals surface area contributed by atoms with Crippen LogP contribution < -0.4 is 0 Å². The minimum Gasteiger partial charge on any atom is -0.393 e. The average Bonchev–Trinajstić information content (AvgIpc) is 2.76. The minimum absolute atomic E-state index is 0.0107. The van der Waals surface area contributed by atoms with E-state index in [4.69, 9.17) is 0 Å². The van der Waals surface area contributed by atoms with Crippen molar-refractivity contribution in [2.24, 2.45) is 23.2 Å². The van der Waals surface area contributed by atoms with E-state index >= 15 is 0 Å². The van der Waals surface area contributed by atoms with Crippen LogP contribution in [0.2, 0.25) is 0 Å². The number of carbonyl (C=O) groups excluding carboxylic acids is 1. The Bertz CT molecular complexity index is 511. The van der Waals surface area contributed by atoms with Crippen molar-refractivity contribution in [3.8, 4) is 0 Å². The van der Waals surface area contributed by atoms with Gasteiger partial charge in [-0.1, -0.05) is 12.5 Å². The number of aliphatic hydroxyl groups is 1. The summed E-state index contributed by atoms with van der Waals surface area (Å²) in [4.78, 5) is 12.5. The molecule has 4 rings (SSSR count). The van der Waals surface area contributed by atoms with Crippen molar-refractivity contribution < 1.29 is 14.3 Å². The van der Waals surface area contributed by atoms with Gasteiger partial charge in [0.2, 0.25) is 0 Å². The predicted octanol–water partition coefficient (Wildman–Crippen LogP) is 3.58. The number of carbonyl (C=O) groups is 1. The molecule has 0 bridgehead atoms. The third-order valence-electron chi connectivity index (χ3n) is 7.13. The first-order chi connectivity index (χ1) is 10.0. The second kappa shape index (κ2) is 4.65. The van der Waals surface area contributed by atoms with E-state index in [0.717, 1.165) is 37.7 Å². The topological polar surface area (TPSA) is 37.3 Å². The second-order valence-corrected chi connectivity index (χ2v) is 7.99. The van der Waals surface area contributed by atoms with Gasteiger partial charge in [0.1, 0.15) is 6.17 Å². The van der Waals surface area contributed by atoms with Crippen molar-refractivity contribution in [1.82, 2.24) is 0 Å². The molecule has 0 unspecified atom stereocenters. The lowest BCUT2D eigenvalue weighted by molar-refractivity contribution is -0.121. The Labute approximate surface area is 125 Å². The van der Waals surface area contributed by atoms with E-state index in [9.17, 15) is 14.3 Å². The number of rotatable bonds is 0. The van der Waals surface area contributed by atoms with Gasteiger partial charge in [-0.25, -0.2) is 4.39 Å². The number of fused-ring (bicyclic) bond motifs is 4. The molecule has 6 atom stereocenters. The van der Waals surface area contributed by atoms with E-state index in [0.29, 0.717) is 37.0 Å². The van der Waals surface area contributed by atoms with Crippen LogP contribution in [-0.2, 0) is 4.79 Å². The normalized spacial score (nSPS) is 49.7. The molecule has 0 aromatic carbocycles. The van der Waals surface area contributed by atoms with Gasteiger partial charge in [0.15, 0.2) is 5.78 Å². The molecule has 3 heteroatoms. The van der Waals surface area contributed by atoms with Gasteiger partial charge in [-0.3, -0.25) is 4.79 Å². The molecule has 116 valence electrons. The zero-order valence-corrected chi connectivity index (χ0v) is 12.8. The summed E-state index contributed by atoms with van der Waals surface area (Å²) >= 11 is 0. The highest BCUT2D eigenvalue weighted by atomic mass is 19.1. The summed E-state index contributed by atoms with van der Waals surface area (Å²) < 4.78 is 13.7. The van der Waals surface area contributed by atoms with Crippen LogP contribution in [0, 0.1) is 23.2 Å². The van der Waals surface area contributed by atoms with Crippen LogP contribution in [0.15, 0.2) is 11.1 Å². The maximum atomic E-state index is 13.7. The van der Waals surface area contributed by atoms with Crippen LogP contribution in [0.1, 0.15) is 58.3 Å². The molecule has 0 amide bonds. The van der Waals surface area contributed by atoms with Gasteiger partial charge in [0, 0.05) is 12.8 Å². The maximum Gasteiger partial charge on any atom is 0.159 e. The van der Waals surface area contributed by atoms with Crippen LogP contribution in [-0.4, -0.2) is 23.2 Å². The fourth-order valence-corrected chi connectivity index (χ4v) is 5.93. The number of hydrogen-bond donors (Lipinski definition) is 1. The molecular formula is C18H25FO2. The minimum atomic E-state index is -0.814. The van der Waals surface area contributed by atoms with Crippen LogP contribution in [0.5, 0.6) is 0 Å². The average molecular weight is 292 g/mol. The fraction of sp³-hybridized carbons (Fsp3) is 0.833. The largest absolute Gasteiger partial charge is 0.393 e. The maximum absolute atomic E-state index is 13.7. The van der Waals surface area contributed by atoms with Crippen molar-refractivity contribution in [2.75, 3.05) is 0 Å². The number of aliphatic hydroxyl groups excluding tert-OH is 1. The van der Waals surface area contributed by atoms with E-state index in [2.05, 4.69) is 6.92 Å².